The van der Waals surface area contributed by atoms with Crippen molar-refractivity contribution in [2.24, 2.45) is 0 Å². The van der Waals surface area contributed by atoms with E-state index in [0.717, 1.165) is 6.07 Å². The molecule has 0 amide bonds. The Bertz CT molecular complexity index is 605. The molecule has 0 spiro atoms. The molecule has 0 bridgehead atoms. The Kier molecular flexibility index (Phi) is 3.97. The number of anilines is 1. The van der Waals surface area contributed by atoms with Crippen molar-refractivity contribution >= 4 is 5.69 Å². The van der Waals surface area contributed by atoms with Crippen molar-refractivity contribution in [2.75, 3.05) is 5.32 Å². The fourth-order valence-electron chi connectivity index (χ4n) is 1.97. The van der Waals surface area contributed by atoms with Gasteiger partial charge < -0.3 is 5.32 Å². The first kappa shape index (κ1) is 14.4. The van der Waals surface area contributed by atoms with E-state index in [1.54, 1.807) is 13.0 Å². The fraction of sp³-hybridized carbons (Fsp3) is 0.200. The fourth-order valence-corrected chi connectivity index (χ4v) is 1.97. The number of halogens is 4. The Balaban J connectivity index is 2.19. The summed E-state index contributed by atoms with van der Waals surface area (Å²) < 4.78 is 51.4. The number of nitrogens with one attached hydrogen (secondary N) is 1. The van der Waals surface area contributed by atoms with Gasteiger partial charge in [-0.25, -0.2) is 4.39 Å². The van der Waals surface area contributed by atoms with Crippen LogP contribution in [0.3, 0.4) is 0 Å². The summed E-state index contributed by atoms with van der Waals surface area (Å²) in [5.74, 6) is -0.372. The molecule has 0 unspecified atom stereocenters. The summed E-state index contributed by atoms with van der Waals surface area (Å²) in [6, 6.07) is 9.51. The quantitative estimate of drug-likeness (QED) is 0.800. The molecule has 20 heavy (non-hydrogen) atoms. The van der Waals surface area contributed by atoms with Gasteiger partial charge in [-0.3, -0.25) is 0 Å². The number of aryl methyl sites for hydroxylation is 1. The molecule has 5 heteroatoms. The van der Waals surface area contributed by atoms with Crippen LogP contribution in [-0.4, -0.2) is 0 Å². The topological polar surface area (TPSA) is 12.0 Å². The lowest BCUT2D eigenvalue weighted by Gasteiger charge is -2.14. The van der Waals surface area contributed by atoms with E-state index in [1.807, 2.05) is 0 Å². The first-order valence-corrected chi connectivity index (χ1v) is 6.03. The van der Waals surface area contributed by atoms with Gasteiger partial charge >= 0.3 is 6.18 Å². The zero-order valence-corrected chi connectivity index (χ0v) is 10.8. The monoisotopic (exact) mass is 283 g/mol. The van der Waals surface area contributed by atoms with Crippen molar-refractivity contribution in [3.8, 4) is 0 Å². The van der Waals surface area contributed by atoms with Gasteiger partial charge in [0.05, 0.1) is 5.56 Å². The first-order valence-electron chi connectivity index (χ1n) is 6.03. The second-order valence-corrected chi connectivity index (χ2v) is 4.47. The van der Waals surface area contributed by atoms with Crippen LogP contribution in [0, 0.1) is 12.7 Å². The second kappa shape index (κ2) is 5.53. The molecule has 1 nitrogen and oxygen atoms in total. The van der Waals surface area contributed by atoms with Crippen molar-refractivity contribution in [3.63, 3.8) is 0 Å². The molecule has 0 saturated carbocycles. The maximum Gasteiger partial charge on any atom is 0.416 e. The maximum absolute atomic E-state index is 13.0. The van der Waals surface area contributed by atoms with Crippen LogP contribution in [-0.2, 0) is 12.7 Å². The smallest absolute Gasteiger partial charge is 0.381 e. The van der Waals surface area contributed by atoms with Crippen LogP contribution >= 0.6 is 0 Å². The molecule has 0 aliphatic rings. The molecular formula is C15H13F4N. The molecule has 1 N–H and O–H groups in total. The van der Waals surface area contributed by atoms with Gasteiger partial charge in [0.2, 0.25) is 0 Å². The van der Waals surface area contributed by atoms with Gasteiger partial charge in [-0.15, -0.1) is 0 Å². The van der Waals surface area contributed by atoms with Crippen LogP contribution in [0.5, 0.6) is 0 Å². The summed E-state index contributed by atoms with van der Waals surface area (Å²) in [5.41, 5.74) is 0.758. The minimum absolute atomic E-state index is 0.0299. The van der Waals surface area contributed by atoms with Crippen LogP contribution in [0.25, 0.3) is 0 Å². The summed E-state index contributed by atoms with van der Waals surface area (Å²) in [6.07, 6.45) is -4.38. The molecule has 0 aromatic heterocycles. The molecule has 2 aromatic rings. The largest absolute Gasteiger partial charge is 0.416 e. The van der Waals surface area contributed by atoms with E-state index in [9.17, 15) is 17.6 Å². The highest BCUT2D eigenvalue weighted by Gasteiger charge is 2.32. The minimum atomic E-state index is -4.38. The molecular weight excluding hydrogens is 270 g/mol. The minimum Gasteiger partial charge on any atom is -0.381 e. The molecule has 106 valence electrons. The molecule has 2 aromatic carbocycles. The predicted molar refractivity (Wildman–Crippen MR) is 69.9 cm³/mol. The van der Waals surface area contributed by atoms with Gasteiger partial charge in [0.25, 0.3) is 0 Å². The van der Waals surface area contributed by atoms with E-state index < -0.39 is 11.7 Å². The van der Waals surface area contributed by atoms with E-state index in [2.05, 4.69) is 5.32 Å². The Morgan fingerprint density at radius 3 is 2.40 bits per heavy atom. The molecule has 0 fully saturated rings. The maximum atomic E-state index is 13.0. The van der Waals surface area contributed by atoms with Crippen molar-refractivity contribution in [1.29, 1.82) is 0 Å². The third-order valence-corrected chi connectivity index (χ3v) is 2.98. The second-order valence-electron chi connectivity index (χ2n) is 4.47. The van der Waals surface area contributed by atoms with Gasteiger partial charge in [-0.1, -0.05) is 18.2 Å². The molecule has 0 saturated heterocycles. The Morgan fingerprint density at radius 2 is 1.75 bits per heavy atom. The number of hydrogen-bond acceptors (Lipinski definition) is 1. The van der Waals surface area contributed by atoms with E-state index in [-0.39, 0.29) is 17.9 Å². The standard InChI is InChI=1S/C15H13F4N/c1-10-8-12(16)6-7-14(10)20-9-11-4-2-3-5-13(11)15(17,18)19/h2-8,20H,9H2,1H3. The van der Waals surface area contributed by atoms with E-state index in [1.165, 1.54) is 30.3 Å². The van der Waals surface area contributed by atoms with Crippen molar-refractivity contribution in [2.45, 2.75) is 19.6 Å². The van der Waals surface area contributed by atoms with Crippen molar-refractivity contribution in [3.05, 3.63) is 65.0 Å². The van der Waals surface area contributed by atoms with Gasteiger partial charge in [-0.2, -0.15) is 13.2 Å². The van der Waals surface area contributed by atoms with Crippen LogP contribution in [0.4, 0.5) is 23.2 Å². The highest BCUT2D eigenvalue weighted by molar-refractivity contribution is 5.51. The summed E-state index contributed by atoms with van der Waals surface area (Å²) in [7, 11) is 0. The molecule has 2 rings (SSSR count). The van der Waals surface area contributed by atoms with Gasteiger partial charge in [0, 0.05) is 12.2 Å². The Labute approximate surface area is 114 Å². The Morgan fingerprint density at radius 1 is 1.05 bits per heavy atom. The number of alkyl halides is 3. The highest BCUT2D eigenvalue weighted by Crippen LogP contribution is 2.32. The predicted octanol–water partition coefficient (Wildman–Crippen LogP) is 4.77. The third-order valence-electron chi connectivity index (χ3n) is 2.98. The number of hydrogen-bond donors (Lipinski definition) is 1. The molecule has 0 heterocycles. The molecule has 0 atom stereocenters. The lowest BCUT2D eigenvalue weighted by molar-refractivity contribution is -0.138. The summed E-state index contributed by atoms with van der Waals surface area (Å²) in [6.45, 7) is 1.73. The normalized spacial score (nSPS) is 11.4. The van der Waals surface area contributed by atoms with Crippen LogP contribution in [0.15, 0.2) is 42.5 Å². The third kappa shape index (κ3) is 3.29. The molecule has 0 aliphatic heterocycles. The zero-order chi connectivity index (χ0) is 14.8. The lowest BCUT2D eigenvalue weighted by Crippen LogP contribution is -2.12. The van der Waals surface area contributed by atoms with E-state index >= 15 is 0 Å². The van der Waals surface area contributed by atoms with Crippen molar-refractivity contribution in [1.82, 2.24) is 0 Å². The van der Waals surface area contributed by atoms with Crippen LogP contribution in [0.1, 0.15) is 16.7 Å². The molecule has 0 radical (unpaired) electrons. The Hall–Kier alpha value is -2.04. The van der Waals surface area contributed by atoms with Crippen LogP contribution < -0.4 is 5.32 Å². The number of benzene rings is 2. The van der Waals surface area contributed by atoms with Crippen molar-refractivity contribution < 1.29 is 17.6 Å². The SMILES string of the molecule is Cc1cc(F)ccc1NCc1ccccc1C(F)(F)F. The van der Waals surface area contributed by atoms with E-state index in [0.29, 0.717) is 11.3 Å². The lowest BCUT2D eigenvalue weighted by atomic mass is 10.1. The average molecular weight is 283 g/mol. The first-order chi connectivity index (χ1) is 9.38. The highest BCUT2D eigenvalue weighted by atomic mass is 19.4. The van der Waals surface area contributed by atoms with Gasteiger partial charge in [-0.05, 0) is 42.3 Å². The van der Waals surface area contributed by atoms with Crippen LogP contribution in [0.2, 0.25) is 0 Å². The average Bonchev–Trinajstić information content (AvgIpc) is 2.37. The van der Waals surface area contributed by atoms with Gasteiger partial charge in [0.1, 0.15) is 5.82 Å². The molecule has 0 aliphatic carbocycles. The van der Waals surface area contributed by atoms with Gasteiger partial charge in [0.15, 0.2) is 0 Å². The summed E-state index contributed by atoms with van der Waals surface area (Å²) in [4.78, 5) is 0. The summed E-state index contributed by atoms with van der Waals surface area (Å²) >= 11 is 0. The summed E-state index contributed by atoms with van der Waals surface area (Å²) in [5, 5.41) is 2.90. The zero-order valence-electron chi connectivity index (χ0n) is 10.8. The van der Waals surface area contributed by atoms with E-state index in [4.69, 9.17) is 0 Å². The number of rotatable bonds is 3.